The van der Waals surface area contributed by atoms with Crippen molar-refractivity contribution in [1.29, 1.82) is 0 Å². The first-order valence-corrected chi connectivity index (χ1v) is 5.90. The Balaban J connectivity index is 2.70. The van der Waals surface area contributed by atoms with Crippen LogP contribution in [0.15, 0.2) is 35.0 Å². The monoisotopic (exact) mass is 246 g/mol. The highest BCUT2D eigenvalue weighted by Crippen LogP contribution is 2.11. The number of furan rings is 1. The van der Waals surface area contributed by atoms with E-state index in [1.165, 1.54) is 6.26 Å². The molecule has 0 N–H and O–H groups in total. The maximum absolute atomic E-state index is 11.7. The van der Waals surface area contributed by atoms with Crippen molar-refractivity contribution in [1.82, 2.24) is 0 Å². The average molecular weight is 246 g/mol. The van der Waals surface area contributed by atoms with Crippen LogP contribution in [0.4, 0.5) is 0 Å². The van der Waals surface area contributed by atoms with Gasteiger partial charge >= 0.3 is 5.97 Å². The minimum atomic E-state index is -0.485. The van der Waals surface area contributed by atoms with Gasteiger partial charge in [-0.25, -0.2) is 4.79 Å². The summed E-state index contributed by atoms with van der Waals surface area (Å²) in [5.74, 6) is 5.86. The van der Waals surface area contributed by atoms with Gasteiger partial charge in [-0.1, -0.05) is 32.3 Å². The molecule has 0 radical (unpaired) electrons. The van der Waals surface area contributed by atoms with Crippen LogP contribution in [-0.2, 0) is 4.74 Å². The van der Waals surface area contributed by atoms with Crippen molar-refractivity contribution in [2.24, 2.45) is 5.92 Å². The number of carbonyl (C=O) groups is 1. The van der Waals surface area contributed by atoms with E-state index in [2.05, 4.69) is 32.3 Å². The predicted molar refractivity (Wildman–Crippen MR) is 70.0 cm³/mol. The van der Waals surface area contributed by atoms with Crippen LogP contribution >= 0.6 is 0 Å². The summed E-state index contributed by atoms with van der Waals surface area (Å²) in [7, 11) is 0. The van der Waals surface area contributed by atoms with Crippen molar-refractivity contribution in [2.45, 2.75) is 33.3 Å². The molecule has 1 aromatic rings. The topological polar surface area (TPSA) is 39.4 Å². The summed E-state index contributed by atoms with van der Waals surface area (Å²) in [6.45, 7) is 9.62. The molecule has 0 aromatic carbocycles. The highest BCUT2D eigenvalue weighted by Gasteiger charge is 2.17. The smallest absolute Gasteiger partial charge is 0.375 e. The number of allylic oxidation sites excluding steroid dienone is 1. The van der Waals surface area contributed by atoms with E-state index in [4.69, 9.17) is 9.15 Å². The Morgan fingerprint density at radius 3 is 2.78 bits per heavy atom. The van der Waals surface area contributed by atoms with Crippen molar-refractivity contribution < 1.29 is 13.9 Å². The van der Waals surface area contributed by atoms with Gasteiger partial charge in [0.15, 0.2) is 6.10 Å². The van der Waals surface area contributed by atoms with Crippen LogP contribution in [0.3, 0.4) is 0 Å². The molecule has 3 nitrogen and oxygen atoms in total. The third-order valence-electron chi connectivity index (χ3n) is 2.10. The van der Waals surface area contributed by atoms with E-state index in [1.807, 2.05) is 6.92 Å². The second-order valence-electron chi connectivity index (χ2n) is 4.55. The fraction of sp³-hybridized carbons (Fsp3) is 0.400. The minimum Gasteiger partial charge on any atom is -0.457 e. The molecular formula is C15H18O3. The van der Waals surface area contributed by atoms with E-state index >= 15 is 0 Å². The van der Waals surface area contributed by atoms with Crippen molar-refractivity contribution in [3.63, 3.8) is 0 Å². The van der Waals surface area contributed by atoms with Crippen molar-refractivity contribution in [3.05, 3.63) is 36.3 Å². The first-order valence-electron chi connectivity index (χ1n) is 5.90. The lowest BCUT2D eigenvalue weighted by Gasteiger charge is -2.13. The molecule has 1 atom stereocenters. The molecule has 1 rings (SSSR count). The second kappa shape index (κ2) is 6.70. The molecule has 0 aliphatic rings. The van der Waals surface area contributed by atoms with Crippen LogP contribution in [0.1, 0.15) is 37.7 Å². The second-order valence-corrected chi connectivity index (χ2v) is 4.55. The minimum absolute atomic E-state index is 0.195. The van der Waals surface area contributed by atoms with E-state index in [9.17, 15) is 4.79 Å². The largest absolute Gasteiger partial charge is 0.457 e. The highest BCUT2D eigenvalue weighted by molar-refractivity contribution is 5.86. The highest BCUT2D eigenvalue weighted by atomic mass is 16.6. The SMILES string of the molecule is C=C(C)C#CC(CC(C)C)OC(=O)c1ccco1. The van der Waals surface area contributed by atoms with Crippen molar-refractivity contribution >= 4 is 5.97 Å². The molecule has 1 unspecified atom stereocenters. The van der Waals surface area contributed by atoms with Crippen LogP contribution in [0.5, 0.6) is 0 Å². The molecule has 1 aromatic heterocycles. The number of esters is 1. The van der Waals surface area contributed by atoms with E-state index in [-0.39, 0.29) is 5.76 Å². The van der Waals surface area contributed by atoms with Gasteiger partial charge < -0.3 is 9.15 Å². The number of carbonyl (C=O) groups excluding carboxylic acids is 1. The van der Waals surface area contributed by atoms with E-state index in [0.717, 1.165) is 5.57 Å². The van der Waals surface area contributed by atoms with Crippen LogP contribution in [0.2, 0.25) is 0 Å². The third-order valence-corrected chi connectivity index (χ3v) is 2.10. The Labute approximate surface area is 108 Å². The summed E-state index contributed by atoms with van der Waals surface area (Å²) in [4.78, 5) is 11.7. The van der Waals surface area contributed by atoms with Crippen LogP contribution in [-0.4, -0.2) is 12.1 Å². The van der Waals surface area contributed by atoms with Crippen LogP contribution in [0.25, 0.3) is 0 Å². The van der Waals surface area contributed by atoms with Gasteiger partial charge in [-0.05, 0) is 37.0 Å². The normalized spacial score (nSPS) is 11.6. The zero-order valence-electron chi connectivity index (χ0n) is 11.0. The molecule has 3 heteroatoms. The number of ether oxygens (including phenoxy) is 1. The zero-order valence-corrected chi connectivity index (χ0v) is 11.0. The zero-order chi connectivity index (χ0) is 13.5. The molecule has 0 saturated carbocycles. The Morgan fingerprint density at radius 1 is 1.56 bits per heavy atom. The molecule has 0 aliphatic heterocycles. The summed E-state index contributed by atoms with van der Waals surface area (Å²) < 4.78 is 10.3. The molecule has 0 spiro atoms. The van der Waals surface area contributed by atoms with Crippen LogP contribution in [0, 0.1) is 17.8 Å². The summed E-state index contributed by atoms with van der Waals surface area (Å²) in [6.07, 6.45) is 1.69. The molecule has 0 aliphatic carbocycles. The van der Waals surface area contributed by atoms with Gasteiger partial charge in [0.25, 0.3) is 0 Å². The fourth-order valence-corrected chi connectivity index (χ4v) is 1.35. The van der Waals surface area contributed by atoms with Crippen LogP contribution < -0.4 is 0 Å². The summed E-state index contributed by atoms with van der Waals surface area (Å²) in [5, 5.41) is 0. The summed E-state index contributed by atoms with van der Waals surface area (Å²) >= 11 is 0. The lowest BCUT2D eigenvalue weighted by molar-refractivity contribution is 0.0341. The molecule has 0 saturated heterocycles. The Bertz CT molecular complexity index is 458. The van der Waals surface area contributed by atoms with Gasteiger partial charge in [-0.3, -0.25) is 0 Å². The lowest BCUT2D eigenvalue weighted by Crippen LogP contribution is -2.18. The summed E-state index contributed by atoms with van der Waals surface area (Å²) in [6, 6.07) is 3.22. The first kappa shape index (κ1) is 14.1. The molecule has 0 amide bonds. The average Bonchev–Trinajstić information content (AvgIpc) is 2.78. The molecule has 0 bridgehead atoms. The van der Waals surface area contributed by atoms with Gasteiger partial charge in [0, 0.05) is 0 Å². The molecular weight excluding hydrogens is 228 g/mol. The fourth-order valence-electron chi connectivity index (χ4n) is 1.35. The van der Waals surface area contributed by atoms with Gasteiger partial charge in [0.2, 0.25) is 5.76 Å². The Kier molecular flexibility index (Phi) is 5.26. The van der Waals surface area contributed by atoms with Crippen molar-refractivity contribution in [2.75, 3.05) is 0 Å². The van der Waals surface area contributed by atoms with Gasteiger partial charge in [0.05, 0.1) is 6.26 Å². The molecule has 1 heterocycles. The Morgan fingerprint density at radius 2 is 2.28 bits per heavy atom. The molecule has 18 heavy (non-hydrogen) atoms. The van der Waals surface area contributed by atoms with E-state index < -0.39 is 12.1 Å². The number of hydrogen-bond donors (Lipinski definition) is 0. The van der Waals surface area contributed by atoms with E-state index in [0.29, 0.717) is 12.3 Å². The number of hydrogen-bond acceptors (Lipinski definition) is 3. The summed E-state index contributed by atoms with van der Waals surface area (Å²) in [5.41, 5.74) is 0.748. The van der Waals surface area contributed by atoms with Crippen molar-refractivity contribution in [3.8, 4) is 11.8 Å². The maximum Gasteiger partial charge on any atom is 0.375 e. The molecule has 0 fully saturated rings. The number of rotatable bonds is 4. The standard InChI is InChI=1S/C15H18O3/c1-11(2)7-8-13(10-12(3)4)18-15(16)14-6-5-9-17-14/h5-6,9,12-13H,1,10H2,2-4H3. The first-order chi connectivity index (χ1) is 8.49. The van der Waals surface area contributed by atoms with Gasteiger partial charge in [0.1, 0.15) is 0 Å². The lowest BCUT2D eigenvalue weighted by atomic mass is 10.1. The van der Waals surface area contributed by atoms with Gasteiger partial charge in [-0.2, -0.15) is 0 Å². The predicted octanol–water partition coefficient (Wildman–Crippen LogP) is 3.43. The maximum atomic E-state index is 11.7. The van der Waals surface area contributed by atoms with E-state index in [1.54, 1.807) is 12.1 Å². The third kappa shape index (κ3) is 4.92. The Hall–Kier alpha value is -1.95. The quantitative estimate of drug-likeness (QED) is 0.603. The van der Waals surface area contributed by atoms with Gasteiger partial charge in [-0.15, -0.1) is 0 Å². The molecule has 96 valence electrons.